The summed E-state index contributed by atoms with van der Waals surface area (Å²) in [6.07, 6.45) is 8.35. The molecule has 1 unspecified atom stereocenters. The molecule has 1 saturated heterocycles. The van der Waals surface area contributed by atoms with Crippen molar-refractivity contribution in [2.45, 2.75) is 58.0 Å². The predicted molar refractivity (Wildman–Crippen MR) is 129 cm³/mol. The lowest BCUT2D eigenvalue weighted by Crippen LogP contribution is -2.22. The second-order valence-electron chi connectivity index (χ2n) is 8.13. The Balaban J connectivity index is 1.38. The van der Waals surface area contributed by atoms with Crippen molar-refractivity contribution in [1.29, 1.82) is 0 Å². The van der Waals surface area contributed by atoms with Gasteiger partial charge >= 0.3 is 0 Å². The van der Waals surface area contributed by atoms with Gasteiger partial charge in [-0.05, 0) is 55.7 Å². The van der Waals surface area contributed by atoms with E-state index in [9.17, 15) is 4.79 Å². The van der Waals surface area contributed by atoms with Crippen LogP contribution < -0.4 is 20.1 Å². The van der Waals surface area contributed by atoms with Crippen LogP contribution in [-0.2, 0) is 9.53 Å². The fraction of sp³-hybridized carbons (Fsp3) is 0.500. The number of benzene rings is 2. The molecule has 6 nitrogen and oxygen atoms in total. The van der Waals surface area contributed by atoms with Gasteiger partial charge in [0, 0.05) is 12.3 Å². The molecular weight excluding hydrogens is 404 g/mol. The lowest BCUT2D eigenvalue weighted by Gasteiger charge is -2.15. The van der Waals surface area contributed by atoms with Gasteiger partial charge in [-0.2, -0.15) is 0 Å². The van der Waals surface area contributed by atoms with E-state index in [1.54, 1.807) is 0 Å². The van der Waals surface area contributed by atoms with Crippen molar-refractivity contribution in [3.8, 4) is 11.5 Å². The maximum atomic E-state index is 12.4. The highest BCUT2D eigenvalue weighted by molar-refractivity contribution is 5.94. The van der Waals surface area contributed by atoms with Gasteiger partial charge in [-0.15, -0.1) is 0 Å². The third-order valence-corrected chi connectivity index (χ3v) is 5.43. The molecule has 1 amide bonds. The molecule has 0 spiro atoms. The van der Waals surface area contributed by atoms with Crippen LogP contribution in [0, 0.1) is 0 Å². The fourth-order valence-corrected chi connectivity index (χ4v) is 3.61. The van der Waals surface area contributed by atoms with Crippen LogP contribution in [0.5, 0.6) is 11.5 Å². The molecule has 1 heterocycles. The van der Waals surface area contributed by atoms with Crippen molar-refractivity contribution in [3.63, 3.8) is 0 Å². The van der Waals surface area contributed by atoms with E-state index in [1.165, 1.54) is 25.7 Å². The van der Waals surface area contributed by atoms with Crippen molar-refractivity contribution >= 4 is 17.3 Å². The van der Waals surface area contributed by atoms with Crippen molar-refractivity contribution < 1.29 is 19.0 Å². The number of hydrogen-bond donors (Lipinski definition) is 2. The minimum atomic E-state index is -0.122. The smallest absolute Gasteiger partial charge is 0.243 e. The molecule has 0 saturated carbocycles. The number of nitrogens with one attached hydrogen (secondary N) is 2. The van der Waals surface area contributed by atoms with Crippen LogP contribution in [0.3, 0.4) is 0 Å². The van der Waals surface area contributed by atoms with Gasteiger partial charge in [-0.1, -0.05) is 44.7 Å². The number of ether oxygens (including phenoxy) is 3. The predicted octanol–water partition coefficient (Wildman–Crippen LogP) is 5.64. The molecule has 2 aromatic rings. The van der Waals surface area contributed by atoms with Crippen molar-refractivity contribution in [2.75, 3.05) is 37.0 Å². The second kappa shape index (κ2) is 13.6. The Hall–Kier alpha value is -2.73. The molecule has 0 aliphatic carbocycles. The van der Waals surface area contributed by atoms with Crippen LogP contribution in [0.4, 0.5) is 11.4 Å². The maximum absolute atomic E-state index is 12.4. The number of amides is 1. The quantitative estimate of drug-likeness (QED) is 0.372. The zero-order chi connectivity index (χ0) is 22.4. The van der Waals surface area contributed by atoms with Gasteiger partial charge in [0.2, 0.25) is 5.91 Å². The summed E-state index contributed by atoms with van der Waals surface area (Å²) in [5.74, 6) is 1.43. The van der Waals surface area contributed by atoms with Gasteiger partial charge in [-0.3, -0.25) is 4.79 Å². The lowest BCUT2D eigenvalue weighted by atomic mass is 10.2. The Labute approximate surface area is 191 Å². The summed E-state index contributed by atoms with van der Waals surface area (Å²) >= 11 is 0. The Kier molecular flexibility index (Phi) is 10.2. The minimum Gasteiger partial charge on any atom is -0.494 e. The number of hydrogen-bond acceptors (Lipinski definition) is 5. The Morgan fingerprint density at radius 1 is 1.03 bits per heavy atom. The van der Waals surface area contributed by atoms with Gasteiger partial charge in [0.05, 0.1) is 24.9 Å². The van der Waals surface area contributed by atoms with Gasteiger partial charge in [-0.25, -0.2) is 0 Å². The second-order valence-corrected chi connectivity index (χ2v) is 8.13. The molecule has 2 aromatic carbocycles. The summed E-state index contributed by atoms with van der Waals surface area (Å²) in [7, 11) is 0. The highest BCUT2D eigenvalue weighted by Gasteiger charge is 2.16. The zero-order valence-corrected chi connectivity index (χ0v) is 19.1. The average molecular weight is 441 g/mol. The van der Waals surface area contributed by atoms with Crippen LogP contribution in [-0.4, -0.2) is 38.4 Å². The van der Waals surface area contributed by atoms with Crippen molar-refractivity contribution in [2.24, 2.45) is 0 Å². The molecule has 0 radical (unpaired) electrons. The SMILES string of the molecule is CCCCCCCOc1ccc(NC(=O)CNc2ccccc2OCC2CCCO2)cc1. The van der Waals surface area contributed by atoms with Crippen LogP contribution in [0.1, 0.15) is 51.9 Å². The van der Waals surface area contributed by atoms with E-state index >= 15 is 0 Å². The van der Waals surface area contributed by atoms with Crippen LogP contribution in [0.2, 0.25) is 0 Å². The zero-order valence-electron chi connectivity index (χ0n) is 19.1. The number of anilines is 2. The van der Waals surface area contributed by atoms with Crippen molar-refractivity contribution in [3.05, 3.63) is 48.5 Å². The summed E-state index contributed by atoms with van der Waals surface area (Å²) in [6.45, 7) is 4.43. The molecule has 1 aliphatic rings. The maximum Gasteiger partial charge on any atom is 0.243 e. The monoisotopic (exact) mass is 440 g/mol. The summed E-state index contributed by atoms with van der Waals surface area (Å²) in [5, 5.41) is 6.07. The van der Waals surface area contributed by atoms with Gasteiger partial charge in [0.15, 0.2) is 0 Å². The molecule has 1 aliphatic heterocycles. The first-order valence-electron chi connectivity index (χ1n) is 11.8. The van der Waals surface area contributed by atoms with Gasteiger partial charge in [0.25, 0.3) is 0 Å². The number of carbonyl (C=O) groups excluding carboxylic acids is 1. The molecular formula is C26H36N2O4. The first-order chi connectivity index (χ1) is 15.7. The highest BCUT2D eigenvalue weighted by atomic mass is 16.5. The van der Waals surface area contributed by atoms with E-state index in [-0.39, 0.29) is 18.6 Å². The first kappa shape index (κ1) is 23.9. The molecule has 0 aromatic heterocycles. The number of rotatable bonds is 14. The third-order valence-electron chi connectivity index (χ3n) is 5.43. The lowest BCUT2D eigenvalue weighted by molar-refractivity contribution is -0.114. The van der Waals surface area contributed by atoms with Gasteiger partial charge in [0.1, 0.15) is 18.1 Å². The Bertz CT molecular complexity index is 804. The average Bonchev–Trinajstić information content (AvgIpc) is 3.34. The van der Waals surface area contributed by atoms with Crippen LogP contribution in [0.15, 0.2) is 48.5 Å². The Morgan fingerprint density at radius 2 is 1.84 bits per heavy atom. The van der Waals surface area contributed by atoms with E-state index in [2.05, 4.69) is 17.6 Å². The van der Waals surface area contributed by atoms with Crippen molar-refractivity contribution in [1.82, 2.24) is 0 Å². The minimum absolute atomic E-state index is 0.122. The summed E-state index contributed by atoms with van der Waals surface area (Å²) in [4.78, 5) is 12.4. The third kappa shape index (κ3) is 8.42. The molecule has 174 valence electrons. The van der Waals surface area contributed by atoms with Crippen LogP contribution >= 0.6 is 0 Å². The van der Waals surface area contributed by atoms with E-state index in [1.807, 2.05) is 48.5 Å². The topological polar surface area (TPSA) is 68.8 Å². The Morgan fingerprint density at radius 3 is 2.62 bits per heavy atom. The molecule has 2 N–H and O–H groups in total. The number of unbranched alkanes of at least 4 members (excludes halogenated alkanes) is 4. The molecule has 0 bridgehead atoms. The molecule has 3 rings (SSSR count). The standard InChI is InChI=1S/C26H36N2O4/c1-2-3-4-5-8-17-30-22-15-13-21(14-16-22)28-26(29)19-27-24-11-6-7-12-25(24)32-20-23-10-9-18-31-23/h6-7,11-16,23,27H,2-5,8-10,17-20H2,1H3,(H,28,29). The van der Waals surface area contributed by atoms with Crippen LogP contribution in [0.25, 0.3) is 0 Å². The highest BCUT2D eigenvalue weighted by Crippen LogP contribution is 2.25. The number of para-hydroxylation sites is 2. The van der Waals surface area contributed by atoms with E-state index in [0.717, 1.165) is 55.4 Å². The van der Waals surface area contributed by atoms with E-state index in [4.69, 9.17) is 14.2 Å². The first-order valence-corrected chi connectivity index (χ1v) is 11.8. The summed E-state index contributed by atoms with van der Waals surface area (Å²) in [6, 6.07) is 15.2. The summed E-state index contributed by atoms with van der Waals surface area (Å²) < 4.78 is 17.3. The molecule has 1 atom stereocenters. The normalized spacial score (nSPS) is 15.3. The molecule has 32 heavy (non-hydrogen) atoms. The van der Waals surface area contributed by atoms with Gasteiger partial charge < -0.3 is 24.8 Å². The molecule has 1 fully saturated rings. The number of carbonyl (C=O) groups is 1. The fourth-order valence-electron chi connectivity index (χ4n) is 3.61. The molecule has 6 heteroatoms. The van der Waals surface area contributed by atoms with E-state index in [0.29, 0.717) is 6.61 Å². The summed E-state index contributed by atoms with van der Waals surface area (Å²) in [5.41, 5.74) is 1.54. The van der Waals surface area contributed by atoms with E-state index < -0.39 is 0 Å². The largest absolute Gasteiger partial charge is 0.494 e.